The first-order valence-corrected chi connectivity index (χ1v) is 6.78. The Bertz CT molecular complexity index is 375. The number of rotatable bonds is 4. The average molecular weight is 249 g/mol. The number of hydrogen-bond acceptors (Lipinski definition) is 4. The molecule has 0 amide bonds. The molecule has 2 rings (SSSR count). The molecule has 0 radical (unpaired) electrons. The average Bonchev–Trinajstić information content (AvgIpc) is 2.40. The summed E-state index contributed by atoms with van der Waals surface area (Å²) in [5.74, 6) is 1.82. The monoisotopic (exact) mass is 249 g/mol. The summed E-state index contributed by atoms with van der Waals surface area (Å²) in [6.45, 7) is 2.67. The third-order valence-corrected chi connectivity index (χ3v) is 3.67. The molecule has 0 spiro atoms. The van der Waals surface area contributed by atoms with Crippen LogP contribution in [0.5, 0.6) is 5.75 Å². The van der Waals surface area contributed by atoms with Crippen molar-refractivity contribution >= 4 is 5.82 Å². The van der Waals surface area contributed by atoms with Crippen molar-refractivity contribution in [3.8, 4) is 5.75 Å². The maximum atomic E-state index is 5.95. The first-order valence-electron chi connectivity index (χ1n) is 6.78. The predicted molar refractivity (Wildman–Crippen MR) is 74.0 cm³/mol. The number of nitrogens with two attached hydrogens (primary N) is 1. The first-order chi connectivity index (χ1) is 8.72. The van der Waals surface area contributed by atoms with E-state index in [2.05, 4.69) is 16.9 Å². The van der Waals surface area contributed by atoms with Gasteiger partial charge >= 0.3 is 0 Å². The minimum atomic E-state index is 0.379. The molecule has 0 bridgehead atoms. The molecule has 1 heterocycles. The Morgan fingerprint density at radius 1 is 1.39 bits per heavy atom. The second-order valence-corrected chi connectivity index (χ2v) is 4.94. The molecule has 4 nitrogen and oxygen atoms in total. The topological polar surface area (TPSA) is 51.4 Å². The van der Waals surface area contributed by atoms with E-state index in [0.29, 0.717) is 18.7 Å². The summed E-state index contributed by atoms with van der Waals surface area (Å²) in [5.41, 5.74) is 5.95. The van der Waals surface area contributed by atoms with E-state index in [-0.39, 0.29) is 0 Å². The summed E-state index contributed by atoms with van der Waals surface area (Å²) < 4.78 is 5.64. The number of hydrogen-bond donors (Lipinski definition) is 1. The molecule has 0 aromatic carbocycles. The second-order valence-electron chi connectivity index (χ2n) is 4.94. The van der Waals surface area contributed by atoms with Crippen LogP contribution in [0.15, 0.2) is 18.3 Å². The smallest absolute Gasteiger partial charge is 0.171 e. The van der Waals surface area contributed by atoms with Crippen molar-refractivity contribution in [2.45, 2.75) is 44.7 Å². The summed E-state index contributed by atoms with van der Waals surface area (Å²) in [5, 5.41) is 0. The van der Waals surface area contributed by atoms with E-state index in [1.807, 2.05) is 25.3 Å². The van der Waals surface area contributed by atoms with Crippen LogP contribution in [0.4, 0.5) is 5.82 Å². The Morgan fingerprint density at radius 3 is 2.78 bits per heavy atom. The third kappa shape index (κ3) is 2.93. The van der Waals surface area contributed by atoms with Gasteiger partial charge in [0.1, 0.15) is 0 Å². The molecule has 0 aliphatic heterocycles. The van der Waals surface area contributed by atoms with Crippen molar-refractivity contribution in [1.82, 2.24) is 4.98 Å². The van der Waals surface area contributed by atoms with Gasteiger partial charge in [0.2, 0.25) is 0 Å². The number of anilines is 1. The van der Waals surface area contributed by atoms with Crippen molar-refractivity contribution in [2.24, 2.45) is 5.73 Å². The Balaban J connectivity index is 2.10. The lowest BCUT2D eigenvalue weighted by Crippen LogP contribution is -2.39. The highest BCUT2D eigenvalue weighted by atomic mass is 16.5. The van der Waals surface area contributed by atoms with Crippen LogP contribution in [-0.4, -0.2) is 30.7 Å². The van der Waals surface area contributed by atoms with Crippen molar-refractivity contribution in [2.75, 3.05) is 18.6 Å². The normalized spacial score (nSPS) is 23.7. The molecule has 0 unspecified atom stereocenters. The van der Waals surface area contributed by atoms with E-state index in [4.69, 9.17) is 10.5 Å². The molecular formula is C14H23N3O. The second kappa shape index (κ2) is 6.05. The highest BCUT2D eigenvalue weighted by molar-refractivity contribution is 5.52. The fraction of sp³-hybridized carbons (Fsp3) is 0.643. The quantitative estimate of drug-likeness (QED) is 0.888. The molecule has 0 atom stereocenters. The maximum absolute atomic E-state index is 5.95. The van der Waals surface area contributed by atoms with E-state index in [0.717, 1.165) is 37.3 Å². The summed E-state index contributed by atoms with van der Waals surface area (Å²) in [4.78, 5) is 6.71. The lowest BCUT2D eigenvalue weighted by atomic mass is 9.91. The molecule has 1 aliphatic rings. The van der Waals surface area contributed by atoms with Gasteiger partial charge in [-0.3, -0.25) is 0 Å². The van der Waals surface area contributed by atoms with Gasteiger partial charge in [-0.2, -0.15) is 0 Å². The Labute approximate surface area is 109 Å². The van der Waals surface area contributed by atoms with Crippen molar-refractivity contribution < 1.29 is 4.74 Å². The summed E-state index contributed by atoms with van der Waals surface area (Å²) >= 11 is 0. The minimum Gasteiger partial charge on any atom is -0.490 e. The van der Waals surface area contributed by atoms with Crippen LogP contribution in [0, 0.1) is 0 Å². The largest absolute Gasteiger partial charge is 0.490 e. The molecule has 1 aromatic heterocycles. The predicted octanol–water partition coefficient (Wildman–Crippen LogP) is 2.19. The Kier molecular flexibility index (Phi) is 4.42. The molecule has 2 N–H and O–H groups in total. The van der Waals surface area contributed by atoms with Gasteiger partial charge in [-0.1, -0.05) is 0 Å². The third-order valence-electron chi connectivity index (χ3n) is 3.67. The molecule has 4 heteroatoms. The molecule has 1 aromatic rings. The number of aromatic nitrogens is 1. The van der Waals surface area contributed by atoms with Gasteiger partial charge < -0.3 is 15.4 Å². The van der Waals surface area contributed by atoms with Crippen LogP contribution < -0.4 is 15.4 Å². The lowest BCUT2D eigenvalue weighted by Gasteiger charge is -2.34. The SMILES string of the molecule is CCOc1cccnc1N(C)C1CCC(N)CC1. The van der Waals surface area contributed by atoms with Crippen LogP contribution in [0.2, 0.25) is 0 Å². The van der Waals surface area contributed by atoms with Crippen molar-refractivity contribution in [3.05, 3.63) is 18.3 Å². The zero-order chi connectivity index (χ0) is 13.0. The summed E-state index contributed by atoms with van der Waals surface area (Å²) in [6.07, 6.45) is 6.31. The van der Waals surface area contributed by atoms with Crippen LogP contribution in [-0.2, 0) is 0 Å². The maximum Gasteiger partial charge on any atom is 0.171 e. The number of nitrogens with zero attached hydrogens (tertiary/aromatic N) is 2. The standard InChI is InChI=1S/C14H23N3O/c1-3-18-13-5-4-10-16-14(13)17(2)12-8-6-11(15)7-9-12/h4-5,10-12H,3,6-9,15H2,1-2H3. The van der Waals surface area contributed by atoms with Crippen LogP contribution in [0.25, 0.3) is 0 Å². The van der Waals surface area contributed by atoms with E-state index in [1.165, 1.54) is 0 Å². The minimum absolute atomic E-state index is 0.379. The van der Waals surface area contributed by atoms with Crippen LogP contribution in [0.3, 0.4) is 0 Å². The Hall–Kier alpha value is -1.29. The molecule has 1 saturated carbocycles. The zero-order valence-corrected chi connectivity index (χ0v) is 11.3. The number of ether oxygens (including phenoxy) is 1. The van der Waals surface area contributed by atoms with Gasteiger partial charge in [0.25, 0.3) is 0 Å². The summed E-state index contributed by atoms with van der Waals surface area (Å²) in [6, 6.07) is 4.80. The molecule has 18 heavy (non-hydrogen) atoms. The van der Waals surface area contributed by atoms with Gasteiger partial charge in [-0.25, -0.2) is 4.98 Å². The fourth-order valence-electron chi connectivity index (χ4n) is 2.58. The van der Waals surface area contributed by atoms with Crippen LogP contribution in [0.1, 0.15) is 32.6 Å². The lowest BCUT2D eigenvalue weighted by molar-refractivity contribution is 0.334. The Morgan fingerprint density at radius 2 is 2.11 bits per heavy atom. The van der Waals surface area contributed by atoms with Gasteiger partial charge in [-0.05, 0) is 44.7 Å². The van der Waals surface area contributed by atoms with Crippen molar-refractivity contribution in [3.63, 3.8) is 0 Å². The van der Waals surface area contributed by atoms with E-state index in [9.17, 15) is 0 Å². The molecule has 0 saturated heterocycles. The fourth-order valence-corrected chi connectivity index (χ4v) is 2.58. The summed E-state index contributed by atoms with van der Waals surface area (Å²) in [7, 11) is 2.10. The zero-order valence-electron chi connectivity index (χ0n) is 11.3. The van der Waals surface area contributed by atoms with E-state index in [1.54, 1.807) is 0 Å². The highest BCUT2D eigenvalue weighted by Gasteiger charge is 2.24. The highest BCUT2D eigenvalue weighted by Crippen LogP contribution is 2.30. The van der Waals surface area contributed by atoms with Crippen molar-refractivity contribution in [1.29, 1.82) is 0 Å². The van der Waals surface area contributed by atoms with Gasteiger partial charge in [0, 0.05) is 25.3 Å². The molecule has 100 valence electrons. The van der Waals surface area contributed by atoms with Gasteiger partial charge in [-0.15, -0.1) is 0 Å². The first kappa shape index (κ1) is 13.1. The van der Waals surface area contributed by atoms with Gasteiger partial charge in [0.05, 0.1) is 6.61 Å². The van der Waals surface area contributed by atoms with E-state index < -0.39 is 0 Å². The van der Waals surface area contributed by atoms with Gasteiger partial charge in [0.15, 0.2) is 11.6 Å². The molecule has 1 fully saturated rings. The molecular weight excluding hydrogens is 226 g/mol. The van der Waals surface area contributed by atoms with Crippen LogP contribution >= 0.6 is 0 Å². The van der Waals surface area contributed by atoms with E-state index >= 15 is 0 Å². The number of pyridine rings is 1. The molecule has 1 aliphatic carbocycles.